The maximum Gasteiger partial charge on any atom is 0.118 e. The van der Waals surface area contributed by atoms with Gasteiger partial charge in [0.15, 0.2) is 0 Å². The Morgan fingerprint density at radius 1 is 0.864 bits per heavy atom. The Balaban J connectivity index is 1.89. The zero-order valence-corrected chi connectivity index (χ0v) is 12.6. The molecule has 1 aliphatic carbocycles. The average molecular weight is 286 g/mol. The monoisotopic (exact) mass is 286 g/mol. The molecule has 1 nitrogen and oxygen atoms in total. The van der Waals surface area contributed by atoms with E-state index in [9.17, 15) is 5.11 Å². The van der Waals surface area contributed by atoms with Crippen molar-refractivity contribution in [2.45, 2.75) is 19.8 Å². The number of aryl methyl sites for hydroxylation is 1. The average Bonchev–Trinajstić information content (AvgIpc) is 2.94. The molecule has 0 fully saturated rings. The summed E-state index contributed by atoms with van der Waals surface area (Å²) in [6.07, 6.45) is 1.83. The van der Waals surface area contributed by atoms with Gasteiger partial charge in [0.2, 0.25) is 0 Å². The molecule has 0 saturated carbocycles. The Morgan fingerprint density at radius 2 is 1.64 bits per heavy atom. The van der Waals surface area contributed by atoms with Crippen LogP contribution in [0.2, 0.25) is 0 Å². The lowest BCUT2D eigenvalue weighted by atomic mass is 9.94. The Hall–Kier alpha value is -2.54. The van der Waals surface area contributed by atoms with Gasteiger partial charge < -0.3 is 5.11 Å². The van der Waals surface area contributed by atoms with Crippen molar-refractivity contribution in [1.82, 2.24) is 0 Å². The molecule has 108 valence electrons. The number of aromatic hydroxyl groups is 1. The zero-order valence-electron chi connectivity index (χ0n) is 12.6. The number of hydrogen-bond acceptors (Lipinski definition) is 1. The SMILES string of the molecule is CCc1cc(-c2cccc3c2Cc2ccccc2-3)ccc1O. The van der Waals surface area contributed by atoms with Gasteiger partial charge in [-0.25, -0.2) is 0 Å². The molecule has 0 saturated heterocycles. The molecule has 1 heteroatoms. The highest BCUT2D eigenvalue weighted by Gasteiger charge is 2.21. The van der Waals surface area contributed by atoms with Crippen LogP contribution in [0.5, 0.6) is 5.75 Å². The maximum absolute atomic E-state index is 9.92. The van der Waals surface area contributed by atoms with Crippen LogP contribution in [0.15, 0.2) is 60.7 Å². The molecule has 3 aromatic rings. The Bertz CT molecular complexity index is 862. The van der Waals surface area contributed by atoms with Crippen LogP contribution in [0.4, 0.5) is 0 Å². The van der Waals surface area contributed by atoms with Crippen molar-refractivity contribution >= 4 is 0 Å². The van der Waals surface area contributed by atoms with Crippen LogP contribution >= 0.6 is 0 Å². The molecule has 0 unspecified atom stereocenters. The minimum absolute atomic E-state index is 0.391. The highest BCUT2D eigenvalue weighted by Crippen LogP contribution is 2.41. The second kappa shape index (κ2) is 5.03. The Morgan fingerprint density at radius 3 is 2.50 bits per heavy atom. The predicted molar refractivity (Wildman–Crippen MR) is 91.2 cm³/mol. The molecule has 4 rings (SSSR count). The second-order valence-corrected chi connectivity index (χ2v) is 5.86. The Kier molecular flexibility index (Phi) is 3.00. The van der Waals surface area contributed by atoms with Gasteiger partial charge in [-0.2, -0.15) is 0 Å². The third-order valence-electron chi connectivity index (χ3n) is 4.62. The van der Waals surface area contributed by atoms with Crippen LogP contribution in [-0.4, -0.2) is 5.11 Å². The smallest absolute Gasteiger partial charge is 0.118 e. The first-order chi connectivity index (χ1) is 10.8. The van der Waals surface area contributed by atoms with Crippen molar-refractivity contribution in [2.75, 3.05) is 0 Å². The van der Waals surface area contributed by atoms with E-state index in [1.807, 2.05) is 12.1 Å². The van der Waals surface area contributed by atoms with Gasteiger partial charge in [0.1, 0.15) is 5.75 Å². The second-order valence-electron chi connectivity index (χ2n) is 5.86. The first kappa shape index (κ1) is 13.1. The molecule has 0 amide bonds. The first-order valence-electron chi connectivity index (χ1n) is 7.80. The van der Waals surface area contributed by atoms with Crippen LogP contribution in [0.25, 0.3) is 22.3 Å². The Labute approximate surface area is 130 Å². The summed E-state index contributed by atoms with van der Waals surface area (Å²) in [7, 11) is 0. The number of benzene rings is 3. The largest absolute Gasteiger partial charge is 0.508 e. The van der Waals surface area contributed by atoms with Crippen LogP contribution in [0, 0.1) is 0 Å². The minimum atomic E-state index is 0.391. The molecule has 1 aliphatic rings. The van der Waals surface area contributed by atoms with Gasteiger partial charge in [0.25, 0.3) is 0 Å². The fourth-order valence-corrected chi connectivity index (χ4v) is 3.46. The third kappa shape index (κ3) is 1.93. The lowest BCUT2D eigenvalue weighted by Gasteiger charge is -2.11. The summed E-state index contributed by atoms with van der Waals surface area (Å²) in [5.74, 6) is 0.391. The molecule has 0 bridgehead atoms. The zero-order chi connectivity index (χ0) is 15.1. The summed E-state index contributed by atoms with van der Waals surface area (Å²) >= 11 is 0. The van der Waals surface area contributed by atoms with Crippen LogP contribution in [0.1, 0.15) is 23.6 Å². The van der Waals surface area contributed by atoms with E-state index in [1.54, 1.807) is 0 Å². The molecule has 0 radical (unpaired) electrons. The molecule has 0 aromatic heterocycles. The van der Waals surface area contributed by atoms with E-state index in [0.29, 0.717) is 5.75 Å². The topological polar surface area (TPSA) is 20.2 Å². The van der Waals surface area contributed by atoms with Gasteiger partial charge in [-0.3, -0.25) is 0 Å². The summed E-state index contributed by atoms with van der Waals surface area (Å²) in [6, 6.07) is 21.1. The van der Waals surface area contributed by atoms with Crippen molar-refractivity contribution in [2.24, 2.45) is 0 Å². The molecular formula is C21H18O. The fourth-order valence-electron chi connectivity index (χ4n) is 3.46. The van der Waals surface area contributed by atoms with Crippen molar-refractivity contribution in [3.63, 3.8) is 0 Å². The highest BCUT2D eigenvalue weighted by molar-refractivity contribution is 5.85. The molecule has 3 aromatic carbocycles. The predicted octanol–water partition coefficient (Wildman–Crippen LogP) is 5.19. The van der Waals surface area contributed by atoms with E-state index in [-0.39, 0.29) is 0 Å². The third-order valence-corrected chi connectivity index (χ3v) is 4.62. The van der Waals surface area contributed by atoms with Gasteiger partial charge >= 0.3 is 0 Å². The van der Waals surface area contributed by atoms with E-state index < -0.39 is 0 Å². The van der Waals surface area contributed by atoms with E-state index in [2.05, 4.69) is 55.5 Å². The first-order valence-corrected chi connectivity index (χ1v) is 7.80. The number of phenols is 1. The number of phenolic OH excluding ortho intramolecular Hbond substituents is 1. The lowest BCUT2D eigenvalue weighted by molar-refractivity contribution is 0.469. The molecule has 1 N–H and O–H groups in total. The van der Waals surface area contributed by atoms with E-state index in [4.69, 9.17) is 0 Å². The number of fused-ring (bicyclic) bond motifs is 3. The highest BCUT2D eigenvalue weighted by atomic mass is 16.3. The molecular weight excluding hydrogens is 268 g/mol. The van der Waals surface area contributed by atoms with Gasteiger partial charge in [0.05, 0.1) is 0 Å². The molecule has 0 heterocycles. The fraction of sp³-hybridized carbons (Fsp3) is 0.143. The minimum Gasteiger partial charge on any atom is -0.508 e. The van der Waals surface area contributed by atoms with Gasteiger partial charge in [-0.05, 0) is 63.9 Å². The molecule has 22 heavy (non-hydrogen) atoms. The van der Waals surface area contributed by atoms with Crippen molar-refractivity contribution in [1.29, 1.82) is 0 Å². The van der Waals surface area contributed by atoms with E-state index in [1.165, 1.54) is 33.4 Å². The van der Waals surface area contributed by atoms with Crippen LogP contribution in [-0.2, 0) is 12.8 Å². The summed E-state index contributed by atoms with van der Waals surface area (Å²) in [5, 5.41) is 9.92. The maximum atomic E-state index is 9.92. The standard InChI is InChI=1S/C21H18O/c1-2-14-12-16(10-11-21(14)22)18-8-5-9-19-17-7-4-3-6-15(17)13-20(18)19/h3-12,22H,2,13H2,1H3. The summed E-state index contributed by atoms with van der Waals surface area (Å²) in [6.45, 7) is 2.07. The van der Waals surface area contributed by atoms with Crippen molar-refractivity contribution in [3.05, 3.63) is 77.4 Å². The molecule has 0 aliphatic heterocycles. The quantitative estimate of drug-likeness (QED) is 0.537. The molecule has 0 atom stereocenters. The van der Waals surface area contributed by atoms with Crippen molar-refractivity contribution < 1.29 is 5.11 Å². The number of hydrogen-bond donors (Lipinski definition) is 1. The van der Waals surface area contributed by atoms with Gasteiger partial charge in [0, 0.05) is 0 Å². The molecule has 0 spiro atoms. The lowest BCUT2D eigenvalue weighted by Crippen LogP contribution is -1.90. The van der Waals surface area contributed by atoms with Gasteiger partial charge in [-0.1, -0.05) is 55.5 Å². The van der Waals surface area contributed by atoms with Crippen molar-refractivity contribution in [3.8, 4) is 28.0 Å². The summed E-state index contributed by atoms with van der Waals surface area (Å²) in [4.78, 5) is 0. The van der Waals surface area contributed by atoms with Crippen LogP contribution in [0.3, 0.4) is 0 Å². The normalized spacial score (nSPS) is 12.0. The van der Waals surface area contributed by atoms with Gasteiger partial charge in [-0.15, -0.1) is 0 Å². The summed E-state index contributed by atoms with van der Waals surface area (Å²) < 4.78 is 0. The number of rotatable bonds is 2. The van der Waals surface area contributed by atoms with Crippen LogP contribution < -0.4 is 0 Å². The van der Waals surface area contributed by atoms with E-state index >= 15 is 0 Å². The summed E-state index contributed by atoms with van der Waals surface area (Å²) in [5.41, 5.74) is 8.98. The van der Waals surface area contributed by atoms with E-state index in [0.717, 1.165) is 18.4 Å².